The summed E-state index contributed by atoms with van der Waals surface area (Å²) in [5, 5.41) is 15.3. The lowest BCUT2D eigenvalue weighted by molar-refractivity contribution is -0.143. The lowest BCUT2D eigenvalue weighted by atomic mass is 9.61. The Morgan fingerprint density at radius 2 is 1.74 bits per heavy atom. The first-order valence-electron chi connectivity index (χ1n) is 11.6. The third-order valence-electron chi connectivity index (χ3n) is 7.64. The van der Waals surface area contributed by atoms with E-state index in [1.807, 2.05) is 18.2 Å². The van der Waals surface area contributed by atoms with Crippen LogP contribution in [-0.2, 0) is 10.2 Å². The summed E-state index contributed by atoms with van der Waals surface area (Å²) in [5.41, 5.74) is 5.09. The fraction of sp³-hybridized carbons (Fsp3) is 0.207. The number of furan rings is 1. The number of carboxylic acids is 1. The van der Waals surface area contributed by atoms with Gasteiger partial charge in [0.2, 0.25) is 0 Å². The maximum Gasteiger partial charge on any atom is 0.329 e. The minimum Gasteiger partial charge on any atom is -0.480 e. The highest BCUT2D eigenvalue weighted by molar-refractivity contribution is 6.30. The molecule has 170 valence electrons. The van der Waals surface area contributed by atoms with Gasteiger partial charge in [-0.25, -0.2) is 4.79 Å². The van der Waals surface area contributed by atoms with Gasteiger partial charge in [0.15, 0.2) is 0 Å². The molecule has 4 aromatic rings. The molecule has 2 N–H and O–H groups in total. The molecule has 0 atom stereocenters. The number of carbonyl (C=O) groups is 1. The molecule has 0 aliphatic heterocycles. The van der Waals surface area contributed by atoms with Crippen molar-refractivity contribution in [3.63, 3.8) is 0 Å². The SMILES string of the molecule is O=C(O)C1(Nc2cccc(Cl)c2)CCC2(CC1)C(c1cccc3ccoc13)=Cc1ccccc12. The van der Waals surface area contributed by atoms with Crippen molar-refractivity contribution in [2.45, 2.75) is 36.6 Å². The van der Waals surface area contributed by atoms with Crippen LogP contribution in [-0.4, -0.2) is 16.6 Å². The minimum atomic E-state index is -1.05. The van der Waals surface area contributed by atoms with E-state index in [0.717, 1.165) is 22.2 Å². The standard InChI is InChI=1S/C29H24ClNO3/c30-21-7-4-8-22(18-21)31-29(27(32)33)14-12-28(13-15-29)24-10-2-1-5-20(24)17-25(28)23-9-3-6-19-11-16-34-26(19)23/h1-11,16-18,31H,12-15H2,(H,32,33). The van der Waals surface area contributed by atoms with Crippen molar-refractivity contribution in [1.29, 1.82) is 0 Å². The lowest BCUT2D eigenvalue weighted by Crippen LogP contribution is -2.52. The Bertz CT molecular complexity index is 1440. The van der Waals surface area contributed by atoms with Gasteiger partial charge in [-0.15, -0.1) is 0 Å². The van der Waals surface area contributed by atoms with Gasteiger partial charge in [-0.3, -0.25) is 0 Å². The van der Waals surface area contributed by atoms with E-state index < -0.39 is 11.5 Å². The van der Waals surface area contributed by atoms with Crippen LogP contribution in [0.15, 0.2) is 83.5 Å². The summed E-state index contributed by atoms with van der Waals surface area (Å²) in [6.07, 6.45) is 6.42. The molecule has 1 aromatic heterocycles. The zero-order chi connectivity index (χ0) is 23.3. The van der Waals surface area contributed by atoms with Crippen LogP contribution in [0.1, 0.15) is 42.4 Å². The van der Waals surface area contributed by atoms with Crippen LogP contribution in [0.25, 0.3) is 22.6 Å². The van der Waals surface area contributed by atoms with E-state index in [4.69, 9.17) is 16.0 Å². The second-order valence-corrected chi connectivity index (χ2v) is 9.83. The smallest absolute Gasteiger partial charge is 0.329 e. The molecule has 1 spiro atoms. The number of rotatable bonds is 4. The van der Waals surface area contributed by atoms with Gasteiger partial charge in [-0.1, -0.05) is 60.1 Å². The Morgan fingerprint density at radius 1 is 0.941 bits per heavy atom. The second-order valence-electron chi connectivity index (χ2n) is 9.39. The predicted molar refractivity (Wildman–Crippen MR) is 136 cm³/mol. The number of hydrogen-bond donors (Lipinski definition) is 2. The number of hydrogen-bond acceptors (Lipinski definition) is 3. The van der Waals surface area contributed by atoms with Crippen LogP contribution in [0.3, 0.4) is 0 Å². The molecule has 6 rings (SSSR count). The highest BCUT2D eigenvalue weighted by Crippen LogP contribution is 2.57. The first kappa shape index (κ1) is 21.1. The van der Waals surface area contributed by atoms with Crippen molar-refractivity contribution in [1.82, 2.24) is 0 Å². The fourth-order valence-corrected chi connectivity index (χ4v) is 6.11. The summed E-state index contributed by atoms with van der Waals surface area (Å²) in [6, 6.07) is 24.0. The molecular formula is C29H24ClNO3. The Kier molecular flexibility index (Phi) is 4.82. The number of para-hydroxylation sites is 1. The molecule has 2 aliphatic rings. The Morgan fingerprint density at radius 3 is 2.53 bits per heavy atom. The molecule has 1 heterocycles. The molecule has 2 aliphatic carbocycles. The van der Waals surface area contributed by atoms with E-state index in [1.54, 1.807) is 18.4 Å². The predicted octanol–water partition coefficient (Wildman–Crippen LogP) is 7.39. The molecule has 0 saturated heterocycles. The minimum absolute atomic E-state index is 0.257. The molecule has 34 heavy (non-hydrogen) atoms. The molecule has 0 amide bonds. The average molecular weight is 470 g/mol. The number of benzene rings is 3. The third-order valence-corrected chi connectivity index (χ3v) is 7.87. The number of anilines is 1. The maximum atomic E-state index is 12.6. The Hall–Kier alpha value is -3.50. The lowest BCUT2D eigenvalue weighted by Gasteiger charge is -2.45. The van der Waals surface area contributed by atoms with Gasteiger partial charge in [0.1, 0.15) is 11.1 Å². The molecule has 3 aromatic carbocycles. The normalized spacial score (nSPS) is 23.6. The number of halogens is 1. The van der Waals surface area contributed by atoms with E-state index >= 15 is 0 Å². The molecule has 0 radical (unpaired) electrons. The second kappa shape index (κ2) is 7.78. The van der Waals surface area contributed by atoms with Crippen LogP contribution in [0, 0.1) is 0 Å². The third kappa shape index (κ3) is 3.17. The highest BCUT2D eigenvalue weighted by Gasteiger charge is 2.52. The zero-order valence-corrected chi connectivity index (χ0v) is 19.3. The van der Waals surface area contributed by atoms with Crippen LogP contribution in [0.5, 0.6) is 0 Å². The zero-order valence-electron chi connectivity index (χ0n) is 18.6. The van der Waals surface area contributed by atoms with Crippen LogP contribution in [0.4, 0.5) is 5.69 Å². The summed E-state index contributed by atoms with van der Waals surface area (Å²) < 4.78 is 5.90. The summed E-state index contributed by atoms with van der Waals surface area (Å²) in [4.78, 5) is 12.6. The van der Waals surface area contributed by atoms with Crippen molar-refractivity contribution in [2.24, 2.45) is 0 Å². The first-order chi connectivity index (χ1) is 16.5. The van der Waals surface area contributed by atoms with E-state index in [-0.39, 0.29) is 5.41 Å². The number of carboxylic acid groups (broad SMARTS) is 1. The molecule has 0 unspecified atom stereocenters. The largest absolute Gasteiger partial charge is 0.480 e. The van der Waals surface area contributed by atoms with Gasteiger partial charge in [0.25, 0.3) is 0 Å². The van der Waals surface area contributed by atoms with Crippen LogP contribution >= 0.6 is 11.6 Å². The first-order valence-corrected chi connectivity index (χ1v) is 11.9. The summed E-state index contributed by atoms with van der Waals surface area (Å²) >= 11 is 6.16. The van der Waals surface area contributed by atoms with Crippen molar-refractivity contribution in [3.8, 4) is 0 Å². The average Bonchev–Trinajstić information content (AvgIpc) is 3.44. The quantitative estimate of drug-likeness (QED) is 0.327. The number of nitrogens with one attached hydrogen (secondary N) is 1. The maximum absolute atomic E-state index is 12.6. The van der Waals surface area contributed by atoms with Crippen molar-refractivity contribution >= 4 is 45.9 Å². The Balaban J connectivity index is 1.42. The molecular weight excluding hydrogens is 446 g/mol. The molecule has 5 heteroatoms. The monoisotopic (exact) mass is 469 g/mol. The van der Waals surface area contributed by atoms with Gasteiger partial charge in [-0.05, 0) is 72.7 Å². The van der Waals surface area contributed by atoms with Crippen LogP contribution in [0.2, 0.25) is 5.02 Å². The van der Waals surface area contributed by atoms with Crippen LogP contribution < -0.4 is 5.32 Å². The summed E-state index contributed by atoms with van der Waals surface area (Å²) in [6.45, 7) is 0. The van der Waals surface area contributed by atoms with Gasteiger partial charge < -0.3 is 14.8 Å². The number of allylic oxidation sites excluding steroid dienone is 1. The molecule has 4 nitrogen and oxygen atoms in total. The number of fused-ring (bicyclic) bond motifs is 3. The van der Waals surface area contributed by atoms with Gasteiger partial charge in [-0.2, -0.15) is 0 Å². The molecule has 0 bridgehead atoms. The Labute approximate surface area is 202 Å². The van der Waals surface area contributed by atoms with Gasteiger partial charge >= 0.3 is 5.97 Å². The van der Waals surface area contributed by atoms with Gasteiger partial charge in [0, 0.05) is 27.1 Å². The fourth-order valence-electron chi connectivity index (χ4n) is 5.92. The topological polar surface area (TPSA) is 62.5 Å². The molecule has 1 fully saturated rings. The van der Waals surface area contributed by atoms with E-state index in [0.29, 0.717) is 30.7 Å². The van der Waals surface area contributed by atoms with Crippen molar-refractivity contribution in [3.05, 3.63) is 101 Å². The number of aliphatic carboxylic acids is 1. The molecule has 1 saturated carbocycles. The van der Waals surface area contributed by atoms with Crippen molar-refractivity contribution in [2.75, 3.05) is 5.32 Å². The summed E-state index contributed by atoms with van der Waals surface area (Å²) in [5.74, 6) is -0.827. The van der Waals surface area contributed by atoms with E-state index in [9.17, 15) is 9.90 Å². The summed E-state index contributed by atoms with van der Waals surface area (Å²) in [7, 11) is 0. The van der Waals surface area contributed by atoms with E-state index in [1.165, 1.54) is 16.7 Å². The van der Waals surface area contributed by atoms with E-state index in [2.05, 4.69) is 53.9 Å². The van der Waals surface area contributed by atoms with Gasteiger partial charge in [0.05, 0.1) is 6.26 Å². The van der Waals surface area contributed by atoms with Crippen molar-refractivity contribution < 1.29 is 14.3 Å². The highest BCUT2D eigenvalue weighted by atomic mass is 35.5.